The third kappa shape index (κ3) is 3.73. The maximum absolute atomic E-state index is 12.2. The highest BCUT2D eigenvalue weighted by atomic mass is 32.2. The van der Waals surface area contributed by atoms with Crippen LogP contribution >= 0.6 is 11.8 Å². The van der Waals surface area contributed by atoms with Gasteiger partial charge in [0, 0.05) is 24.1 Å². The summed E-state index contributed by atoms with van der Waals surface area (Å²) in [5.74, 6) is 1.23. The van der Waals surface area contributed by atoms with Crippen LogP contribution in [-0.4, -0.2) is 51.1 Å². The summed E-state index contributed by atoms with van der Waals surface area (Å²) in [5.41, 5.74) is 0.592. The van der Waals surface area contributed by atoms with Gasteiger partial charge in [0.15, 0.2) is 0 Å². The molecule has 1 atom stereocenters. The summed E-state index contributed by atoms with van der Waals surface area (Å²) in [6, 6.07) is 1.50. The van der Waals surface area contributed by atoms with E-state index in [-0.39, 0.29) is 24.8 Å². The number of aryl methyl sites for hydroxylation is 1. The predicted octanol–water partition coefficient (Wildman–Crippen LogP) is 0.944. The molecule has 2 rings (SSSR count). The Labute approximate surface area is 115 Å². The van der Waals surface area contributed by atoms with Crippen LogP contribution in [0.4, 0.5) is 0 Å². The van der Waals surface area contributed by atoms with E-state index in [2.05, 4.69) is 5.16 Å². The van der Waals surface area contributed by atoms with Crippen molar-refractivity contribution >= 4 is 23.6 Å². The summed E-state index contributed by atoms with van der Waals surface area (Å²) >= 11 is 1.69. The van der Waals surface area contributed by atoms with Gasteiger partial charge in [-0.1, -0.05) is 5.16 Å². The fourth-order valence-corrected chi connectivity index (χ4v) is 3.17. The minimum Gasteiger partial charge on any atom is -0.481 e. The number of nitrogens with zero attached hydrogens (tertiary/aromatic N) is 2. The Morgan fingerprint density at radius 2 is 2.42 bits per heavy atom. The monoisotopic (exact) mass is 284 g/mol. The molecule has 0 spiro atoms. The van der Waals surface area contributed by atoms with E-state index in [1.54, 1.807) is 29.7 Å². The highest BCUT2D eigenvalue weighted by molar-refractivity contribution is 7.99. The van der Waals surface area contributed by atoms with Gasteiger partial charge in [-0.25, -0.2) is 0 Å². The normalized spacial score (nSPS) is 19.4. The van der Waals surface area contributed by atoms with Crippen molar-refractivity contribution in [3.8, 4) is 0 Å². The lowest BCUT2D eigenvalue weighted by molar-refractivity contribution is -0.140. The molecule has 1 amide bonds. The van der Waals surface area contributed by atoms with Crippen molar-refractivity contribution in [1.82, 2.24) is 10.1 Å². The lowest BCUT2D eigenvalue weighted by Gasteiger charge is -2.34. The maximum Gasteiger partial charge on any atom is 0.305 e. The quantitative estimate of drug-likeness (QED) is 0.886. The fraction of sp³-hybridized carbons (Fsp3) is 0.583. The molecule has 0 bridgehead atoms. The molecule has 0 saturated carbocycles. The molecule has 104 valence electrons. The molecule has 6 nitrogen and oxygen atoms in total. The number of rotatable bonds is 4. The molecule has 1 aliphatic rings. The first kappa shape index (κ1) is 13.9. The number of carboxylic acid groups (broad SMARTS) is 1. The van der Waals surface area contributed by atoms with Crippen LogP contribution in [0.5, 0.6) is 0 Å². The van der Waals surface area contributed by atoms with E-state index in [0.29, 0.717) is 23.8 Å². The van der Waals surface area contributed by atoms with Gasteiger partial charge in [-0.05, 0) is 6.92 Å². The van der Waals surface area contributed by atoms with Gasteiger partial charge >= 0.3 is 5.97 Å². The topological polar surface area (TPSA) is 83.6 Å². The summed E-state index contributed by atoms with van der Waals surface area (Å²) < 4.78 is 4.93. The Morgan fingerprint density at radius 3 is 3.05 bits per heavy atom. The van der Waals surface area contributed by atoms with E-state index >= 15 is 0 Å². The molecule has 2 heterocycles. The van der Waals surface area contributed by atoms with Gasteiger partial charge < -0.3 is 14.5 Å². The molecular weight excluding hydrogens is 268 g/mol. The highest BCUT2D eigenvalue weighted by Gasteiger charge is 2.29. The van der Waals surface area contributed by atoms with Gasteiger partial charge in [-0.15, -0.1) is 0 Å². The van der Waals surface area contributed by atoms with Gasteiger partial charge in [-0.3, -0.25) is 9.59 Å². The van der Waals surface area contributed by atoms with E-state index in [9.17, 15) is 9.59 Å². The molecule has 7 heteroatoms. The molecule has 0 radical (unpaired) electrons. The predicted molar refractivity (Wildman–Crippen MR) is 70.0 cm³/mol. The van der Waals surface area contributed by atoms with Crippen LogP contribution in [0.25, 0.3) is 0 Å². The Hall–Kier alpha value is -1.50. The zero-order valence-corrected chi connectivity index (χ0v) is 11.5. The van der Waals surface area contributed by atoms with Crippen molar-refractivity contribution in [2.24, 2.45) is 0 Å². The van der Waals surface area contributed by atoms with Crippen LogP contribution in [0.15, 0.2) is 10.6 Å². The van der Waals surface area contributed by atoms with Gasteiger partial charge in [0.1, 0.15) is 5.76 Å². The average Bonchev–Trinajstić information content (AvgIpc) is 2.74. The van der Waals surface area contributed by atoms with Crippen LogP contribution in [0, 0.1) is 6.92 Å². The van der Waals surface area contributed by atoms with Crippen molar-refractivity contribution in [3.63, 3.8) is 0 Å². The summed E-state index contributed by atoms with van der Waals surface area (Å²) in [6.07, 6.45) is 0.161. The number of hydrogen-bond acceptors (Lipinski definition) is 5. The summed E-state index contributed by atoms with van der Waals surface area (Å²) in [5, 5.41) is 12.7. The van der Waals surface area contributed by atoms with E-state index in [1.807, 2.05) is 0 Å². The van der Waals surface area contributed by atoms with Crippen LogP contribution in [0.3, 0.4) is 0 Å². The Morgan fingerprint density at radius 1 is 1.63 bits per heavy atom. The molecule has 1 unspecified atom stereocenters. The Balaban J connectivity index is 2.00. The van der Waals surface area contributed by atoms with Crippen molar-refractivity contribution < 1.29 is 19.2 Å². The molecule has 1 N–H and O–H groups in total. The van der Waals surface area contributed by atoms with Crippen LogP contribution in [-0.2, 0) is 16.0 Å². The lowest BCUT2D eigenvalue weighted by Crippen LogP contribution is -2.47. The molecule has 1 fully saturated rings. The molecule has 0 aromatic carbocycles. The molecule has 1 saturated heterocycles. The zero-order chi connectivity index (χ0) is 13.8. The second kappa shape index (κ2) is 6.10. The Bertz CT molecular complexity index is 474. The first-order chi connectivity index (χ1) is 9.06. The van der Waals surface area contributed by atoms with E-state index in [4.69, 9.17) is 9.63 Å². The SMILES string of the molecule is Cc1cc(CC(=O)N2CCSCC2CC(=O)O)no1. The molecule has 1 aromatic heterocycles. The first-order valence-corrected chi connectivity index (χ1v) is 7.23. The van der Waals surface area contributed by atoms with Gasteiger partial charge in [0.2, 0.25) is 5.91 Å². The third-order valence-corrected chi connectivity index (χ3v) is 4.06. The lowest BCUT2D eigenvalue weighted by atomic mass is 10.1. The van der Waals surface area contributed by atoms with Crippen molar-refractivity contribution in [2.75, 3.05) is 18.1 Å². The third-order valence-electron chi connectivity index (χ3n) is 2.97. The number of aliphatic carboxylic acids is 1. The summed E-state index contributed by atoms with van der Waals surface area (Å²) in [4.78, 5) is 24.7. The number of carbonyl (C=O) groups excluding carboxylic acids is 1. The fourth-order valence-electron chi connectivity index (χ4n) is 2.11. The van der Waals surface area contributed by atoms with E-state index < -0.39 is 5.97 Å². The van der Waals surface area contributed by atoms with Crippen LogP contribution in [0.1, 0.15) is 17.9 Å². The first-order valence-electron chi connectivity index (χ1n) is 6.07. The Kier molecular flexibility index (Phi) is 4.47. The van der Waals surface area contributed by atoms with Crippen LogP contribution < -0.4 is 0 Å². The number of carbonyl (C=O) groups is 2. The van der Waals surface area contributed by atoms with Gasteiger partial charge in [-0.2, -0.15) is 11.8 Å². The maximum atomic E-state index is 12.2. The summed E-state index contributed by atoms with van der Waals surface area (Å²) in [6.45, 7) is 2.37. The second-order valence-corrected chi connectivity index (χ2v) is 5.67. The molecule has 0 aliphatic carbocycles. The molecule has 1 aliphatic heterocycles. The highest BCUT2D eigenvalue weighted by Crippen LogP contribution is 2.20. The van der Waals surface area contributed by atoms with Crippen molar-refractivity contribution in [2.45, 2.75) is 25.8 Å². The molecule has 19 heavy (non-hydrogen) atoms. The van der Waals surface area contributed by atoms with Crippen molar-refractivity contribution in [1.29, 1.82) is 0 Å². The number of aromatic nitrogens is 1. The number of carboxylic acids is 1. The van der Waals surface area contributed by atoms with E-state index in [0.717, 1.165) is 5.75 Å². The minimum atomic E-state index is -0.873. The standard InChI is InChI=1S/C12H16N2O4S/c1-8-4-9(13-18-8)5-11(15)14-2-3-19-7-10(14)6-12(16)17/h4,10H,2-3,5-7H2,1H3,(H,16,17). The van der Waals surface area contributed by atoms with Crippen LogP contribution in [0.2, 0.25) is 0 Å². The van der Waals surface area contributed by atoms with E-state index in [1.165, 1.54) is 0 Å². The second-order valence-electron chi connectivity index (χ2n) is 4.52. The number of hydrogen-bond donors (Lipinski definition) is 1. The average molecular weight is 284 g/mol. The van der Waals surface area contributed by atoms with Gasteiger partial charge in [0.25, 0.3) is 0 Å². The van der Waals surface area contributed by atoms with Crippen molar-refractivity contribution in [3.05, 3.63) is 17.5 Å². The largest absolute Gasteiger partial charge is 0.481 e. The molecule has 1 aromatic rings. The summed E-state index contributed by atoms with van der Waals surface area (Å²) in [7, 11) is 0. The molecular formula is C12H16N2O4S. The number of thioether (sulfide) groups is 1. The smallest absolute Gasteiger partial charge is 0.305 e. The minimum absolute atomic E-state index is 0.00339. The zero-order valence-electron chi connectivity index (χ0n) is 10.7. The number of amides is 1. The van der Waals surface area contributed by atoms with Gasteiger partial charge in [0.05, 0.1) is 24.6 Å².